The molecule has 0 radical (unpaired) electrons. The molecule has 0 aliphatic rings. The van der Waals surface area contributed by atoms with Crippen molar-refractivity contribution in [3.8, 4) is 12.1 Å². The van der Waals surface area contributed by atoms with E-state index in [0.29, 0.717) is 5.56 Å². The molecule has 1 aromatic rings. The zero-order valence-electron chi connectivity index (χ0n) is 13.9. The number of hydrogen-bond acceptors (Lipinski definition) is 5. The van der Waals surface area contributed by atoms with Crippen LogP contribution in [0.15, 0.2) is 30.3 Å². The first-order valence-corrected chi connectivity index (χ1v) is 7.38. The Balaban J connectivity index is 2.51. The van der Waals surface area contributed by atoms with Crippen molar-refractivity contribution < 1.29 is 14.3 Å². The molecule has 1 N–H and O–H groups in total. The molecule has 1 rings (SSSR count). The summed E-state index contributed by atoms with van der Waals surface area (Å²) in [6.07, 6.45) is 2.72. The van der Waals surface area contributed by atoms with Crippen molar-refractivity contribution in [2.75, 3.05) is 6.61 Å². The molecule has 6 heteroatoms. The zero-order valence-corrected chi connectivity index (χ0v) is 13.9. The molecule has 124 valence electrons. The van der Waals surface area contributed by atoms with Crippen LogP contribution in [0, 0.1) is 28.6 Å². The number of nitriles is 2. The van der Waals surface area contributed by atoms with Crippen molar-refractivity contribution in [3.63, 3.8) is 0 Å². The predicted molar refractivity (Wildman–Crippen MR) is 88.1 cm³/mol. The molecular formula is C18H19N3O3. The summed E-state index contributed by atoms with van der Waals surface area (Å²) in [5, 5.41) is 20.4. The first kappa shape index (κ1) is 18.9. The minimum absolute atomic E-state index is 0.0848. The van der Waals surface area contributed by atoms with Gasteiger partial charge in [0.25, 0.3) is 5.91 Å². The van der Waals surface area contributed by atoms with Crippen LogP contribution in [-0.4, -0.2) is 24.0 Å². The number of rotatable bonds is 6. The van der Waals surface area contributed by atoms with Gasteiger partial charge in [-0.2, -0.15) is 10.5 Å². The molecule has 1 amide bonds. The second-order valence-electron chi connectivity index (χ2n) is 5.69. The maximum Gasteiger partial charge on any atom is 0.331 e. The fourth-order valence-electron chi connectivity index (χ4n) is 1.64. The van der Waals surface area contributed by atoms with Crippen molar-refractivity contribution in [1.29, 1.82) is 10.5 Å². The Labute approximate surface area is 141 Å². The smallest absolute Gasteiger partial charge is 0.331 e. The van der Waals surface area contributed by atoms with Crippen molar-refractivity contribution in [3.05, 3.63) is 41.5 Å². The number of benzene rings is 1. The van der Waals surface area contributed by atoms with E-state index >= 15 is 0 Å². The van der Waals surface area contributed by atoms with Gasteiger partial charge in [0.05, 0.1) is 17.7 Å². The lowest BCUT2D eigenvalue weighted by Crippen LogP contribution is -2.50. The molecule has 0 aromatic heterocycles. The van der Waals surface area contributed by atoms with Gasteiger partial charge in [-0.05, 0) is 36.6 Å². The SMILES string of the molecule is CC(C)[C@@](C)(C#N)NC(=O)COC(=O)/C=C/c1ccc(C#N)cc1. The Morgan fingerprint density at radius 1 is 1.29 bits per heavy atom. The van der Waals surface area contributed by atoms with E-state index in [1.165, 1.54) is 12.2 Å². The number of nitrogens with zero attached hydrogens (tertiary/aromatic N) is 2. The molecular weight excluding hydrogens is 306 g/mol. The van der Waals surface area contributed by atoms with E-state index in [1.54, 1.807) is 31.2 Å². The third-order valence-corrected chi connectivity index (χ3v) is 3.58. The lowest BCUT2D eigenvalue weighted by molar-refractivity contribution is -0.144. The average molecular weight is 325 g/mol. The summed E-state index contributed by atoms with van der Waals surface area (Å²) < 4.78 is 4.84. The number of esters is 1. The van der Waals surface area contributed by atoms with Crippen LogP contribution in [0.5, 0.6) is 0 Å². The van der Waals surface area contributed by atoms with Gasteiger partial charge < -0.3 is 10.1 Å². The van der Waals surface area contributed by atoms with Crippen LogP contribution >= 0.6 is 0 Å². The van der Waals surface area contributed by atoms with Crippen LogP contribution < -0.4 is 5.32 Å². The van der Waals surface area contributed by atoms with Crippen LogP contribution in [-0.2, 0) is 14.3 Å². The second kappa shape index (κ2) is 8.50. The number of amides is 1. The molecule has 0 aliphatic heterocycles. The van der Waals surface area contributed by atoms with Crippen molar-refractivity contribution >= 4 is 18.0 Å². The summed E-state index contributed by atoms with van der Waals surface area (Å²) in [7, 11) is 0. The predicted octanol–water partition coefficient (Wildman–Crippen LogP) is 2.17. The van der Waals surface area contributed by atoms with E-state index in [9.17, 15) is 9.59 Å². The maximum atomic E-state index is 11.8. The Bertz CT molecular complexity index is 709. The fourth-order valence-corrected chi connectivity index (χ4v) is 1.64. The van der Waals surface area contributed by atoms with Crippen LogP contribution in [0.2, 0.25) is 0 Å². The number of carbonyl (C=O) groups excluding carboxylic acids is 2. The molecule has 0 saturated carbocycles. The summed E-state index contributed by atoms with van der Waals surface area (Å²) >= 11 is 0. The Kier molecular flexibility index (Phi) is 6.70. The first-order valence-electron chi connectivity index (χ1n) is 7.38. The van der Waals surface area contributed by atoms with Gasteiger partial charge in [0, 0.05) is 6.08 Å². The monoisotopic (exact) mass is 325 g/mol. The van der Waals surface area contributed by atoms with Crippen LogP contribution in [0.1, 0.15) is 31.9 Å². The quantitative estimate of drug-likeness (QED) is 0.638. The van der Waals surface area contributed by atoms with Gasteiger partial charge >= 0.3 is 5.97 Å². The van der Waals surface area contributed by atoms with E-state index in [1.807, 2.05) is 26.0 Å². The van der Waals surface area contributed by atoms with Crippen molar-refractivity contribution in [2.24, 2.45) is 5.92 Å². The minimum Gasteiger partial charge on any atom is -0.452 e. The normalized spacial score (nSPS) is 12.9. The topological polar surface area (TPSA) is 103 Å². The Hall–Kier alpha value is -3.12. The van der Waals surface area contributed by atoms with E-state index in [2.05, 4.69) is 5.32 Å². The molecule has 1 atom stereocenters. The summed E-state index contributed by atoms with van der Waals surface area (Å²) in [6.45, 7) is 4.79. The molecule has 6 nitrogen and oxygen atoms in total. The van der Waals surface area contributed by atoms with Crippen LogP contribution in [0.4, 0.5) is 0 Å². The van der Waals surface area contributed by atoms with Gasteiger partial charge in [0.1, 0.15) is 5.54 Å². The molecule has 0 heterocycles. The highest BCUT2D eigenvalue weighted by atomic mass is 16.5. The number of hydrogen-bond donors (Lipinski definition) is 1. The largest absolute Gasteiger partial charge is 0.452 e. The summed E-state index contributed by atoms with van der Waals surface area (Å²) in [5.41, 5.74) is 0.242. The fraction of sp³-hybridized carbons (Fsp3) is 0.333. The standard InChI is InChI=1S/C18H19N3O3/c1-13(2)18(3,12-20)21-16(22)11-24-17(23)9-8-14-4-6-15(10-19)7-5-14/h4-9,13H,11H2,1-3H3,(H,21,22)/b9-8+/t18-/m1/s1. The van der Waals surface area contributed by atoms with Gasteiger partial charge in [-0.3, -0.25) is 4.79 Å². The van der Waals surface area contributed by atoms with Crippen molar-refractivity contribution in [2.45, 2.75) is 26.3 Å². The first-order chi connectivity index (χ1) is 11.3. The third-order valence-electron chi connectivity index (χ3n) is 3.58. The van der Waals surface area contributed by atoms with E-state index in [-0.39, 0.29) is 5.92 Å². The minimum atomic E-state index is -1.01. The molecule has 0 unspecified atom stereocenters. The average Bonchev–Trinajstić information content (AvgIpc) is 2.58. The summed E-state index contributed by atoms with van der Waals surface area (Å²) in [4.78, 5) is 23.4. The van der Waals surface area contributed by atoms with Gasteiger partial charge in [-0.25, -0.2) is 4.79 Å². The lowest BCUT2D eigenvalue weighted by atomic mass is 9.90. The molecule has 0 saturated heterocycles. The number of nitrogens with one attached hydrogen (secondary N) is 1. The van der Waals surface area contributed by atoms with Gasteiger partial charge in [0.2, 0.25) is 0 Å². The van der Waals surface area contributed by atoms with E-state index in [0.717, 1.165) is 5.56 Å². The Morgan fingerprint density at radius 2 is 1.92 bits per heavy atom. The molecule has 0 bridgehead atoms. The van der Waals surface area contributed by atoms with Gasteiger partial charge in [-0.1, -0.05) is 26.0 Å². The maximum absolute atomic E-state index is 11.8. The highest BCUT2D eigenvalue weighted by Gasteiger charge is 2.30. The van der Waals surface area contributed by atoms with Crippen molar-refractivity contribution in [1.82, 2.24) is 5.32 Å². The number of ether oxygens (including phenoxy) is 1. The molecule has 0 aliphatic carbocycles. The zero-order chi connectivity index (χ0) is 18.2. The molecule has 24 heavy (non-hydrogen) atoms. The highest BCUT2D eigenvalue weighted by molar-refractivity contribution is 5.89. The molecule has 1 aromatic carbocycles. The lowest BCUT2D eigenvalue weighted by Gasteiger charge is -2.27. The third kappa shape index (κ3) is 5.58. The highest BCUT2D eigenvalue weighted by Crippen LogP contribution is 2.14. The van der Waals surface area contributed by atoms with Gasteiger partial charge in [-0.15, -0.1) is 0 Å². The second-order valence-corrected chi connectivity index (χ2v) is 5.69. The van der Waals surface area contributed by atoms with E-state index < -0.39 is 24.0 Å². The molecule has 0 fully saturated rings. The molecule has 0 spiro atoms. The Morgan fingerprint density at radius 3 is 2.42 bits per heavy atom. The number of carbonyl (C=O) groups is 2. The van der Waals surface area contributed by atoms with Gasteiger partial charge in [0.15, 0.2) is 6.61 Å². The van der Waals surface area contributed by atoms with Crippen LogP contribution in [0.3, 0.4) is 0 Å². The van der Waals surface area contributed by atoms with E-state index in [4.69, 9.17) is 15.3 Å². The summed E-state index contributed by atoms with van der Waals surface area (Å²) in [5.74, 6) is -1.29. The summed E-state index contributed by atoms with van der Waals surface area (Å²) in [6, 6.07) is 10.7. The van der Waals surface area contributed by atoms with Crippen LogP contribution in [0.25, 0.3) is 6.08 Å².